The number of hydrogen-bond acceptors (Lipinski definition) is 2. The summed E-state index contributed by atoms with van der Waals surface area (Å²) in [5.74, 6) is -0.330. The second-order valence-corrected chi connectivity index (χ2v) is 6.52. The number of benzene rings is 2. The lowest BCUT2D eigenvalue weighted by atomic mass is 9.88. The molecule has 1 aliphatic heterocycles. The summed E-state index contributed by atoms with van der Waals surface area (Å²) in [7, 11) is 0. The van der Waals surface area contributed by atoms with Gasteiger partial charge < -0.3 is 4.90 Å². The Morgan fingerprint density at radius 2 is 1.63 bits per heavy atom. The van der Waals surface area contributed by atoms with Gasteiger partial charge in [0.1, 0.15) is 5.82 Å². The van der Waals surface area contributed by atoms with Crippen LogP contribution in [0.1, 0.15) is 28.3 Å². The Labute approximate surface area is 154 Å². The minimum absolute atomic E-state index is 0.282. The standard InChI is InChI=1S/C21H16F4N2/c22-17-5-7-18(8-6-17)27-12-10-14-9-11-26-13-19(14)20(27)15-1-3-16(4-2-15)21(23,24)25/h1-9,11,13,20H,10,12H2. The molecule has 4 rings (SSSR count). The summed E-state index contributed by atoms with van der Waals surface area (Å²) in [6, 6.07) is 13.0. The number of rotatable bonds is 2. The lowest BCUT2D eigenvalue weighted by Crippen LogP contribution is -2.36. The topological polar surface area (TPSA) is 16.1 Å². The molecule has 0 saturated heterocycles. The van der Waals surface area contributed by atoms with Gasteiger partial charge in [-0.05, 0) is 60.0 Å². The molecular formula is C21H16F4N2. The minimum atomic E-state index is -4.37. The first-order chi connectivity index (χ1) is 12.9. The predicted octanol–water partition coefficient (Wildman–Crippen LogP) is 5.39. The van der Waals surface area contributed by atoms with Crippen LogP contribution in [0.3, 0.4) is 0 Å². The van der Waals surface area contributed by atoms with Gasteiger partial charge in [0, 0.05) is 30.2 Å². The number of nitrogens with zero attached hydrogens (tertiary/aromatic N) is 2. The Hall–Kier alpha value is -2.89. The van der Waals surface area contributed by atoms with Crippen molar-refractivity contribution in [3.05, 3.63) is 95.1 Å². The third kappa shape index (κ3) is 3.39. The largest absolute Gasteiger partial charge is 0.416 e. The first-order valence-electron chi connectivity index (χ1n) is 8.55. The molecule has 0 N–H and O–H groups in total. The van der Waals surface area contributed by atoms with Crippen molar-refractivity contribution in [1.29, 1.82) is 0 Å². The van der Waals surface area contributed by atoms with Crippen LogP contribution in [-0.4, -0.2) is 11.5 Å². The lowest BCUT2D eigenvalue weighted by molar-refractivity contribution is -0.137. The molecule has 138 valence electrons. The second-order valence-electron chi connectivity index (χ2n) is 6.52. The molecule has 0 bridgehead atoms. The molecule has 0 fully saturated rings. The highest BCUT2D eigenvalue weighted by molar-refractivity contribution is 5.55. The van der Waals surface area contributed by atoms with Crippen molar-refractivity contribution in [2.75, 3.05) is 11.4 Å². The highest BCUT2D eigenvalue weighted by atomic mass is 19.4. The molecule has 1 aromatic heterocycles. The molecule has 27 heavy (non-hydrogen) atoms. The molecule has 2 nitrogen and oxygen atoms in total. The summed E-state index contributed by atoms with van der Waals surface area (Å²) in [4.78, 5) is 6.28. The summed E-state index contributed by atoms with van der Waals surface area (Å²) in [5.41, 5.74) is 2.94. The number of anilines is 1. The monoisotopic (exact) mass is 372 g/mol. The quantitative estimate of drug-likeness (QED) is 0.561. The number of hydrogen-bond donors (Lipinski definition) is 0. The zero-order valence-corrected chi connectivity index (χ0v) is 14.2. The van der Waals surface area contributed by atoms with Gasteiger partial charge in [0.05, 0.1) is 11.6 Å². The number of pyridine rings is 1. The van der Waals surface area contributed by atoms with Crippen molar-refractivity contribution in [3.63, 3.8) is 0 Å². The first kappa shape index (κ1) is 17.5. The van der Waals surface area contributed by atoms with Crippen LogP contribution in [0.4, 0.5) is 23.2 Å². The fourth-order valence-electron chi connectivity index (χ4n) is 3.57. The van der Waals surface area contributed by atoms with E-state index in [9.17, 15) is 17.6 Å². The van der Waals surface area contributed by atoms with Gasteiger partial charge >= 0.3 is 6.18 Å². The molecule has 3 aromatic rings. The molecule has 0 saturated carbocycles. The first-order valence-corrected chi connectivity index (χ1v) is 8.55. The van der Waals surface area contributed by atoms with Crippen LogP contribution in [-0.2, 0) is 12.6 Å². The SMILES string of the molecule is Fc1ccc(N2CCc3ccncc3C2c2ccc(C(F)(F)F)cc2)cc1. The van der Waals surface area contributed by atoms with Crippen LogP contribution < -0.4 is 4.90 Å². The summed E-state index contributed by atoms with van der Waals surface area (Å²) in [6.07, 6.45) is -0.114. The normalized spacial score (nSPS) is 16.9. The lowest BCUT2D eigenvalue weighted by Gasteiger charge is -2.39. The Kier molecular flexibility index (Phi) is 4.34. The summed E-state index contributed by atoms with van der Waals surface area (Å²) < 4.78 is 52.1. The molecule has 0 aliphatic carbocycles. The number of alkyl halides is 3. The van der Waals surface area contributed by atoms with E-state index in [-0.39, 0.29) is 11.9 Å². The van der Waals surface area contributed by atoms with Gasteiger partial charge in [0.2, 0.25) is 0 Å². The van der Waals surface area contributed by atoms with Crippen molar-refractivity contribution in [2.45, 2.75) is 18.6 Å². The van der Waals surface area contributed by atoms with Crippen molar-refractivity contribution in [3.8, 4) is 0 Å². The van der Waals surface area contributed by atoms with Gasteiger partial charge in [-0.1, -0.05) is 12.1 Å². The Balaban J connectivity index is 1.80. The average Bonchev–Trinajstić information content (AvgIpc) is 2.67. The van der Waals surface area contributed by atoms with E-state index in [1.54, 1.807) is 24.5 Å². The molecule has 0 radical (unpaired) electrons. The third-order valence-corrected chi connectivity index (χ3v) is 4.89. The van der Waals surface area contributed by atoms with Crippen molar-refractivity contribution in [2.24, 2.45) is 0 Å². The van der Waals surface area contributed by atoms with Crippen LogP contribution in [0.15, 0.2) is 67.0 Å². The van der Waals surface area contributed by atoms with Crippen LogP contribution >= 0.6 is 0 Å². The van der Waals surface area contributed by atoms with Crippen molar-refractivity contribution in [1.82, 2.24) is 4.98 Å². The molecule has 0 amide bonds. The molecule has 1 atom stereocenters. The minimum Gasteiger partial charge on any atom is -0.360 e. The zero-order valence-electron chi connectivity index (χ0n) is 14.2. The molecular weight excluding hydrogens is 356 g/mol. The maximum absolute atomic E-state index is 13.3. The molecule has 2 aromatic carbocycles. The highest BCUT2D eigenvalue weighted by Crippen LogP contribution is 2.39. The van der Waals surface area contributed by atoms with Crippen LogP contribution in [0, 0.1) is 5.82 Å². The molecule has 6 heteroatoms. The van der Waals surface area contributed by atoms with E-state index < -0.39 is 11.7 Å². The second kappa shape index (κ2) is 6.68. The van der Waals surface area contributed by atoms with E-state index >= 15 is 0 Å². The van der Waals surface area contributed by atoms with Gasteiger partial charge in [-0.2, -0.15) is 13.2 Å². The fraction of sp³-hybridized carbons (Fsp3) is 0.190. The number of fused-ring (bicyclic) bond motifs is 1. The molecule has 2 heterocycles. The smallest absolute Gasteiger partial charge is 0.360 e. The van der Waals surface area contributed by atoms with Crippen LogP contribution in [0.25, 0.3) is 0 Å². The Morgan fingerprint density at radius 1 is 0.926 bits per heavy atom. The van der Waals surface area contributed by atoms with E-state index in [0.717, 1.165) is 40.9 Å². The summed E-state index contributed by atoms with van der Waals surface area (Å²) in [5, 5.41) is 0. The summed E-state index contributed by atoms with van der Waals surface area (Å²) >= 11 is 0. The molecule has 0 spiro atoms. The third-order valence-electron chi connectivity index (χ3n) is 4.89. The highest BCUT2D eigenvalue weighted by Gasteiger charge is 2.32. The Bertz CT molecular complexity index is 934. The van der Waals surface area contributed by atoms with Crippen molar-refractivity contribution >= 4 is 5.69 Å². The van der Waals surface area contributed by atoms with E-state index in [2.05, 4.69) is 9.88 Å². The van der Waals surface area contributed by atoms with Gasteiger partial charge in [-0.3, -0.25) is 4.98 Å². The fourth-order valence-corrected chi connectivity index (χ4v) is 3.57. The van der Waals surface area contributed by atoms with E-state index in [4.69, 9.17) is 0 Å². The number of halogens is 4. The van der Waals surface area contributed by atoms with E-state index in [0.29, 0.717) is 6.54 Å². The van der Waals surface area contributed by atoms with Gasteiger partial charge in [0.15, 0.2) is 0 Å². The van der Waals surface area contributed by atoms with Crippen LogP contribution in [0.5, 0.6) is 0 Å². The van der Waals surface area contributed by atoms with Gasteiger partial charge in [-0.15, -0.1) is 0 Å². The maximum atomic E-state index is 13.3. The van der Waals surface area contributed by atoms with Crippen LogP contribution in [0.2, 0.25) is 0 Å². The maximum Gasteiger partial charge on any atom is 0.416 e. The van der Waals surface area contributed by atoms with E-state index in [1.807, 2.05) is 6.07 Å². The van der Waals surface area contributed by atoms with Crippen molar-refractivity contribution < 1.29 is 17.6 Å². The molecule has 1 unspecified atom stereocenters. The molecule has 1 aliphatic rings. The Morgan fingerprint density at radius 3 is 2.30 bits per heavy atom. The summed E-state index contributed by atoms with van der Waals surface area (Å²) in [6.45, 7) is 0.675. The van der Waals surface area contributed by atoms with Gasteiger partial charge in [0.25, 0.3) is 0 Å². The predicted molar refractivity (Wildman–Crippen MR) is 95.0 cm³/mol. The van der Waals surface area contributed by atoms with E-state index in [1.165, 1.54) is 24.3 Å². The zero-order chi connectivity index (χ0) is 19.0. The van der Waals surface area contributed by atoms with Gasteiger partial charge in [-0.25, -0.2) is 4.39 Å². The number of aromatic nitrogens is 1. The average molecular weight is 372 g/mol.